The topological polar surface area (TPSA) is 87.5 Å². The molecule has 1 aliphatic heterocycles. The standard InChI is InChI=1S/C23H28N2O4/c1-17(2)20(26)9-7-5-3-4-6-8-14-25-22(27)15-21(23(25)28)29-19-12-10-18(16-24)11-13-19/h10-13,15,17H,3-9,14H2,1-2H3. The molecule has 0 unspecified atom stereocenters. The number of carbonyl (C=O) groups is 3. The molecule has 0 spiro atoms. The van der Waals surface area contributed by atoms with E-state index in [2.05, 4.69) is 0 Å². The maximum absolute atomic E-state index is 12.4. The first kappa shape index (κ1) is 22.4. The molecule has 0 atom stereocenters. The first-order valence-corrected chi connectivity index (χ1v) is 10.2. The van der Waals surface area contributed by atoms with Crippen LogP contribution in [0.2, 0.25) is 0 Å². The van der Waals surface area contributed by atoms with Gasteiger partial charge in [0.1, 0.15) is 11.5 Å². The highest BCUT2D eigenvalue weighted by Gasteiger charge is 2.32. The summed E-state index contributed by atoms with van der Waals surface area (Å²) < 4.78 is 5.51. The molecular weight excluding hydrogens is 368 g/mol. The summed E-state index contributed by atoms with van der Waals surface area (Å²) in [6, 6.07) is 8.38. The summed E-state index contributed by atoms with van der Waals surface area (Å²) in [4.78, 5) is 37.2. The fraction of sp³-hybridized carbons (Fsp3) is 0.478. The number of unbranched alkanes of at least 4 members (excludes halogenated alkanes) is 5. The predicted octanol–water partition coefficient (Wildman–Crippen LogP) is 4.15. The van der Waals surface area contributed by atoms with Gasteiger partial charge in [-0.05, 0) is 37.1 Å². The number of hydrogen-bond acceptors (Lipinski definition) is 5. The highest BCUT2D eigenvalue weighted by Crippen LogP contribution is 2.20. The molecule has 0 aliphatic carbocycles. The Balaban J connectivity index is 1.65. The molecule has 154 valence electrons. The molecule has 0 N–H and O–H groups in total. The van der Waals surface area contributed by atoms with Crippen molar-refractivity contribution in [2.75, 3.05) is 6.54 Å². The third kappa shape index (κ3) is 6.86. The Morgan fingerprint density at radius 3 is 2.28 bits per heavy atom. The van der Waals surface area contributed by atoms with Gasteiger partial charge in [-0.2, -0.15) is 5.26 Å². The summed E-state index contributed by atoms with van der Waals surface area (Å²) in [6.45, 7) is 4.23. The zero-order valence-electron chi connectivity index (χ0n) is 17.1. The monoisotopic (exact) mass is 396 g/mol. The molecule has 1 heterocycles. The molecule has 2 rings (SSSR count). The Hall–Kier alpha value is -2.94. The van der Waals surface area contributed by atoms with E-state index in [1.165, 1.54) is 11.0 Å². The normalized spacial score (nSPS) is 13.6. The van der Waals surface area contributed by atoms with Crippen LogP contribution in [0.1, 0.15) is 64.4 Å². The van der Waals surface area contributed by atoms with Crippen molar-refractivity contribution in [2.24, 2.45) is 5.92 Å². The quantitative estimate of drug-likeness (QED) is 0.391. The summed E-state index contributed by atoms with van der Waals surface area (Å²) in [6.07, 6.45) is 7.59. The second-order valence-corrected chi connectivity index (χ2v) is 7.53. The SMILES string of the molecule is CC(C)C(=O)CCCCCCCCN1C(=O)C=C(Oc2ccc(C#N)cc2)C1=O. The van der Waals surface area contributed by atoms with Crippen molar-refractivity contribution in [3.8, 4) is 11.8 Å². The molecule has 0 saturated heterocycles. The fourth-order valence-electron chi connectivity index (χ4n) is 3.06. The third-order valence-electron chi connectivity index (χ3n) is 4.89. The molecule has 0 radical (unpaired) electrons. The van der Waals surface area contributed by atoms with Gasteiger partial charge in [-0.3, -0.25) is 19.3 Å². The van der Waals surface area contributed by atoms with Crippen molar-refractivity contribution in [3.05, 3.63) is 41.7 Å². The van der Waals surface area contributed by atoms with Gasteiger partial charge in [-0.15, -0.1) is 0 Å². The summed E-state index contributed by atoms with van der Waals surface area (Å²) in [5.41, 5.74) is 0.494. The highest BCUT2D eigenvalue weighted by molar-refractivity contribution is 6.15. The van der Waals surface area contributed by atoms with Crippen molar-refractivity contribution >= 4 is 17.6 Å². The third-order valence-corrected chi connectivity index (χ3v) is 4.89. The molecule has 29 heavy (non-hydrogen) atoms. The van der Waals surface area contributed by atoms with E-state index in [1.54, 1.807) is 24.3 Å². The van der Waals surface area contributed by atoms with Gasteiger partial charge in [0.15, 0.2) is 5.76 Å². The average Bonchev–Trinajstić information content (AvgIpc) is 2.97. The molecular formula is C23H28N2O4. The van der Waals surface area contributed by atoms with Crippen molar-refractivity contribution in [2.45, 2.75) is 58.8 Å². The largest absolute Gasteiger partial charge is 0.451 e. The number of ketones is 1. The number of imide groups is 1. The van der Waals surface area contributed by atoms with Crippen LogP contribution in [-0.4, -0.2) is 29.0 Å². The minimum Gasteiger partial charge on any atom is -0.451 e. The van der Waals surface area contributed by atoms with Crippen LogP contribution >= 0.6 is 0 Å². The van der Waals surface area contributed by atoms with Gasteiger partial charge in [0, 0.05) is 18.9 Å². The van der Waals surface area contributed by atoms with E-state index >= 15 is 0 Å². The molecule has 0 saturated carbocycles. The van der Waals surface area contributed by atoms with Crippen molar-refractivity contribution < 1.29 is 19.1 Å². The molecule has 1 aliphatic rings. The summed E-state index contributed by atoms with van der Waals surface area (Å²) in [5, 5.41) is 8.81. The predicted molar refractivity (Wildman–Crippen MR) is 109 cm³/mol. The zero-order valence-corrected chi connectivity index (χ0v) is 17.1. The highest BCUT2D eigenvalue weighted by atomic mass is 16.5. The maximum Gasteiger partial charge on any atom is 0.296 e. The minimum absolute atomic E-state index is 0.00882. The number of nitrogens with zero attached hydrogens (tertiary/aromatic N) is 2. The fourth-order valence-corrected chi connectivity index (χ4v) is 3.06. The summed E-state index contributed by atoms with van der Waals surface area (Å²) in [7, 11) is 0. The van der Waals surface area contributed by atoms with E-state index in [0.29, 0.717) is 30.1 Å². The van der Waals surface area contributed by atoms with E-state index in [-0.39, 0.29) is 17.6 Å². The maximum atomic E-state index is 12.4. The molecule has 1 aromatic rings. The molecule has 1 aromatic carbocycles. The first-order valence-electron chi connectivity index (χ1n) is 10.2. The second kappa shape index (κ2) is 11.2. The van der Waals surface area contributed by atoms with Crippen LogP contribution in [0.25, 0.3) is 0 Å². The second-order valence-electron chi connectivity index (χ2n) is 7.53. The number of hydrogen-bond donors (Lipinski definition) is 0. The lowest BCUT2D eigenvalue weighted by Crippen LogP contribution is -2.32. The van der Waals surface area contributed by atoms with E-state index in [9.17, 15) is 14.4 Å². The van der Waals surface area contributed by atoms with Crippen LogP contribution < -0.4 is 4.74 Å². The molecule has 0 aromatic heterocycles. The Morgan fingerprint density at radius 1 is 1.03 bits per heavy atom. The number of nitriles is 1. The molecule has 0 bridgehead atoms. The molecule has 6 heteroatoms. The average molecular weight is 396 g/mol. The Labute approximate surface area is 172 Å². The Morgan fingerprint density at radius 2 is 1.66 bits per heavy atom. The van der Waals surface area contributed by atoms with Crippen molar-refractivity contribution in [1.82, 2.24) is 4.90 Å². The Kier molecular flexibility index (Phi) is 8.60. The van der Waals surface area contributed by atoms with Crippen LogP contribution in [0.4, 0.5) is 0 Å². The van der Waals surface area contributed by atoms with E-state index < -0.39 is 5.91 Å². The summed E-state index contributed by atoms with van der Waals surface area (Å²) >= 11 is 0. The van der Waals surface area contributed by atoms with Gasteiger partial charge in [-0.1, -0.05) is 39.5 Å². The van der Waals surface area contributed by atoms with E-state index in [1.807, 2.05) is 19.9 Å². The van der Waals surface area contributed by atoms with Gasteiger partial charge in [0.05, 0.1) is 17.7 Å². The zero-order chi connectivity index (χ0) is 21.2. The number of benzene rings is 1. The van der Waals surface area contributed by atoms with Crippen molar-refractivity contribution in [3.63, 3.8) is 0 Å². The van der Waals surface area contributed by atoms with Crippen LogP contribution in [0, 0.1) is 17.2 Å². The van der Waals surface area contributed by atoms with Gasteiger partial charge in [-0.25, -0.2) is 0 Å². The number of ether oxygens (including phenoxy) is 1. The number of carbonyl (C=O) groups excluding carboxylic acids is 3. The molecule has 0 fully saturated rings. The number of Topliss-reactive ketones (excluding diaryl/α,β-unsaturated/α-hetero) is 1. The lowest BCUT2D eigenvalue weighted by molar-refractivity contribution is -0.138. The first-order chi connectivity index (χ1) is 13.9. The van der Waals surface area contributed by atoms with Gasteiger partial charge >= 0.3 is 0 Å². The minimum atomic E-state index is -0.424. The van der Waals surface area contributed by atoms with E-state index in [4.69, 9.17) is 10.00 Å². The molecule has 6 nitrogen and oxygen atoms in total. The van der Waals surface area contributed by atoms with Crippen LogP contribution in [-0.2, 0) is 14.4 Å². The van der Waals surface area contributed by atoms with Crippen molar-refractivity contribution in [1.29, 1.82) is 5.26 Å². The van der Waals surface area contributed by atoms with Gasteiger partial charge in [0.25, 0.3) is 11.8 Å². The Bertz CT molecular complexity index is 803. The lowest BCUT2D eigenvalue weighted by Gasteiger charge is -2.14. The number of amides is 2. The van der Waals surface area contributed by atoms with Crippen LogP contribution in [0.3, 0.4) is 0 Å². The molecule has 2 amide bonds. The van der Waals surface area contributed by atoms with Gasteiger partial charge < -0.3 is 4.74 Å². The van der Waals surface area contributed by atoms with Crippen LogP contribution in [0.15, 0.2) is 36.1 Å². The van der Waals surface area contributed by atoms with Crippen LogP contribution in [0.5, 0.6) is 5.75 Å². The van der Waals surface area contributed by atoms with E-state index in [0.717, 1.165) is 38.5 Å². The smallest absolute Gasteiger partial charge is 0.296 e. The lowest BCUT2D eigenvalue weighted by atomic mass is 10.0. The summed E-state index contributed by atoms with van der Waals surface area (Å²) in [5.74, 6) is 0.0774. The number of rotatable bonds is 12. The van der Waals surface area contributed by atoms with Gasteiger partial charge in [0.2, 0.25) is 0 Å².